The first-order valence-electron chi connectivity index (χ1n) is 15.0. The van der Waals surface area contributed by atoms with Crippen molar-refractivity contribution in [2.45, 2.75) is 134 Å². The van der Waals surface area contributed by atoms with Crippen LogP contribution in [0.25, 0.3) is 0 Å². The summed E-state index contributed by atoms with van der Waals surface area (Å²) in [6, 6.07) is 0. The van der Waals surface area contributed by atoms with Crippen molar-refractivity contribution in [3.63, 3.8) is 0 Å². The van der Waals surface area contributed by atoms with Gasteiger partial charge in [0.1, 0.15) is 36.6 Å². The SMILES string of the molecule is CC(C)OP(=O)(O)O[C@H]1C[C@H](C)O[C@@H]1COP(=O)(O)O[C@H]1C[C@H](C)O[C@@H]1COP(=O)(O)O[C@H]1C[C@H](C)O[C@@H]1COP(=O)(O)C(C)C. The number of phosphoric ester groups is 3. The van der Waals surface area contributed by atoms with Gasteiger partial charge in [-0.1, -0.05) is 13.8 Å². The minimum Gasteiger partial charge on any atom is -0.370 e. The molecule has 0 saturated carbocycles. The predicted molar refractivity (Wildman–Crippen MR) is 160 cm³/mol. The van der Waals surface area contributed by atoms with Gasteiger partial charge in [-0.15, -0.1) is 0 Å². The molecule has 3 heterocycles. The number of hydrogen-bond acceptors (Lipinski definition) is 14. The van der Waals surface area contributed by atoms with E-state index in [0.29, 0.717) is 0 Å². The molecule has 0 aromatic carbocycles. The molecule has 0 bridgehead atoms. The van der Waals surface area contributed by atoms with Crippen molar-refractivity contribution in [3.8, 4) is 0 Å². The van der Waals surface area contributed by atoms with E-state index >= 15 is 0 Å². The van der Waals surface area contributed by atoms with E-state index in [1.54, 1.807) is 34.6 Å². The largest absolute Gasteiger partial charge is 0.472 e. The fourth-order valence-electron chi connectivity index (χ4n) is 5.06. The van der Waals surface area contributed by atoms with Gasteiger partial charge in [0.25, 0.3) is 0 Å². The first-order chi connectivity index (χ1) is 21.1. The predicted octanol–water partition coefficient (Wildman–Crippen LogP) is 4.04. The second-order valence-electron chi connectivity index (χ2n) is 12.2. The van der Waals surface area contributed by atoms with Crippen LogP contribution in [-0.4, -0.2) is 106 Å². The Bertz CT molecular complexity index is 1190. The maximum Gasteiger partial charge on any atom is 0.472 e. The Hall–Kier alpha value is 0.360. The molecule has 0 aromatic rings. The van der Waals surface area contributed by atoms with Gasteiger partial charge in [0.05, 0.1) is 49.9 Å². The molecule has 46 heavy (non-hydrogen) atoms. The van der Waals surface area contributed by atoms with E-state index in [9.17, 15) is 37.8 Å². The van der Waals surface area contributed by atoms with Gasteiger partial charge in [-0.3, -0.25) is 31.7 Å². The summed E-state index contributed by atoms with van der Waals surface area (Å²) in [7, 11) is -17.9. The van der Waals surface area contributed by atoms with E-state index in [1.165, 1.54) is 13.8 Å². The van der Waals surface area contributed by atoms with Crippen molar-refractivity contribution < 1.29 is 83.7 Å². The maximum absolute atomic E-state index is 12.9. The zero-order valence-corrected chi connectivity index (χ0v) is 30.5. The number of hydrogen-bond donors (Lipinski definition) is 4. The van der Waals surface area contributed by atoms with Crippen LogP contribution in [0.5, 0.6) is 0 Å². The lowest BCUT2D eigenvalue weighted by atomic mass is 10.1. The molecular formula is C24H48O18P4. The Balaban J connectivity index is 1.54. The van der Waals surface area contributed by atoms with Crippen LogP contribution >= 0.6 is 31.1 Å². The molecule has 4 unspecified atom stereocenters. The van der Waals surface area contributed by atoms with E-state index < -0.39 is 111 Å². The van der Waals surface area contributed by atoms with Gasteiger partial charge < -0.3 is 38.3 Å². The fourth-order valence-corrected chi connectivity index (χ4v) is 8.79. The molecular weight excluding hydrogens is 700 g/mol. The molecule has 0 aromatic heterocycles. The third-order valence-corrected chi connectivity index (χ3v) is 12.3. The summed E-state index contributed by atoms with van der Waals surface area (Å²) in [5.41, 5.74) is -0.663. The highest BCUT2D eigenvalue weighted by Gasteiger charge is 2.45. The molecule has 4 N–H and O–H groups in total. The molecule has 22 heteroatoms. The van der Waals surface area contributed by atoms with E-state index in [4.69, 9.17) is 45.9 Å². The van der Waals surface area contributed by atoms with Gasteiger partial charge in [-0.05, 0) is 34.6 Å². The van der Waals surface area contributed by atoms with E-state index in [0.717, 1.165) is 0 Å². The molecule has 0 radical (unpaired) electrons. The van der Waals surface area contributed by atoms with Gasteiger partial charge in [-0.25, -0.2) is 13.7 Å². The van der Waals surface area contributed by atoms with Crippen molar-refractivity contribution in [1.82, 2.24) is 0 Å². The van der Waals surface area contributed by atoms with Crippen molar-refractivity contribution in [2.75, 3.05) is 19.8 Å². The summed E-state index contributed by atoms with van der Waals surface area (Å²) >= 11 is 0. The van der Waals surface area contributed by atoms with E-state index in [-0.39, 0.29) is 25.9 Å². The molecule has 3 saturated heterocycles. The number of ether oxygens (including phenoxy) is 3. The van der Waals surface area contributed by atoms with Crippen LogP contribution in [0.1, 0.15) is 67.7 Å². The van der Waals surface area contributed by atoms with Crippen molar-refractivity contribution in [1.29, 1.82) is 0 Å². The average molecular weight is 749 g/mol. The Morgan fingerprint density at radius 2 is 0.913 bits per heavy atom. The third-order valence-electron chi connectivity index (χ3n) is 7.19. The monoisotopic (exact) mass is 748 g/mol. The molecule has 3 fully saturated rings. The molecule has 18 nitrogen and oxygen atoms in total. The zero-order valence-electron chi connectivity index (χ0n) is 26.9. The van der Waals surface area contributed by atoms with Crippen molar-refractivity contribution >= 4 is 31.1 Å². The van der Waals surface area contributed by atoms with Crippen LogP contribution < -0.4 is 0 Å². The average Bonchev–Trinajstić information content (AvgIpc) is 3.53. The number of phosphoric acid groups is 3. The van der Waals surface area contributed by atoms with Crippen LogP contribution in [0.3, 0.4) is 0 Å². The first-order valence-corrected chi connectivity index (χ1v) is 21.1. The molecule has 272 valence electrons. The molecule has 3 aliphatic heterocycles. The molecule has 3 aliphatic rings. The molecule has 13 atom stereocenters. The van der Waals surface area contributed by atoms with E-state index in [1.807, 2.05) is 0 Å². The van der Waals surface area contributed by atoms with Gasteiger partial charge in [0.2, 0.25) is 0 Å². The molecule has 0 spiro atoms. The van der Waals surface area contributed by atoms with Crippen LogP contribution in [0.15, 0.2) is 0 Å². The highest BCUT2D eigenvalue weighted by atomic mass is 31.2. The van der Waals surface area contributed by atoms with Crippen LogP contribution in [0.4, 0.5) is 0 Å². The minimum absolute atomic E-state index is 0.117. The van der Waals surface area contributed by atoms with Crippen molar-refractivity contribution in [3.05, 3.63) is 0 Å². The zero-order chi connectivity index (χ0) is 34.7. The summed E-state index contributed by atoms with van der Waals surface area (Å²) in [5.74, 6) is 0. The van der Waals surface area contributed by atoms with Gasteiger partial charge in [0.15, 0.2) is 0 Å². The van der Waals surface area contributed by atoms with Crippen LogP contribution in [-0.2, 0) is 64.1 Å². The second-order valence-corrected chi connectivity index (χ2v) is 18.8. The number of rotatable bonds is 18. The summed E-state index contributed by atoms with van der Waals surface area (Å²) < 4.78 is 103. The Kier molecular flexibility index (Phi) is 14.7. The third kappa shape index (κ3) is 12.9. The molecule has 0 aliphatic carbocycles. The summed E-state index contributed by atoms with van der Waals surface area (Å²) in [5, 5.41) is 0. The molecule has 3 rings (SSSR count). The van der Waals surface area contributed by atoms with Gasteiger partial charge >= 0.3 is 31.1 Å². The summed E-state index contributed by atoms with van der Waals surface area (Å²) in [6.07, 6.45) is -7.40. The lowest BCUT2D eigenvalue weighted by molar-refractivity contribution is -0.0407. The summed E-state index contributed by atoms with van der Waals surface area (Å²) in [4.78, 5) is 40.8. The normalized spacial score (nSPS) is 37.3. The summed E-state index contributed by atoms with van der Waals surface area (Å²) in [6.45, 7) is 9.77. The fraction of sp³-hybridized carbons (Fsp3) is 1.00. The molecule has 0 amide bonds. The maximum atomic E-state index is 12.9. The smallest absolute Gasteiger partial charge is 0.370 e. The highest BCUT2D eigenvalue weighted by molar-refractivity contribution is 7.53. The van der Waals surface area contributed by atoms with Crippen LogP contribution in [0, 0.1) is 0 Å². The second kappa shape index (κ2) is 16.6. The highest BCUT2D eigenvalue weighted by Crippen LogP contribution is 2.53. The topological polar surface area (TPSA) is 241 Å². The Labute approximate surface area is 269 Å². The Morgan fingerprint density at radius 3 is 1.24 bits per heavy atom. The van der Waals surface area contributed by atoms with Crippen LogP contribution in [0.2, 0.25) is 0 Å². The first kappa shape index (κ1) is 40.8. The van der Waals surface area contributed by atoms with Gasteiger partial charge in [-0.2, -0.15) is 0 Å². The minimum atomic E-state index is -4.78. The van der Waals surface area contributed by atoms with Gasteiger partial charge in [0, 0.05) is 19.3 Å². The lowest BCUT2D eigenvalue weighted by Crippen LogP contribution is -2.31. The van der Waals surface area contributed by atoms with E-state index in [2.05, 4.69) is 0 Å². The quantitative estimate of drug-likeness (QED) is 0.145. The lowest BCUT2D eigenvalue weighted by Gasteiger charge is -2.26. The standard InChI is InChI=1S/C24H48O18P4/c1-14(2)39-46(31,32)42-21-10-18(7)38-24(21)13-35-45(29,30)41-20-9-17(6)37-23(20)12-34-44(27,28)40-19-8-16(5)36-22(19)11-33-43(25,26)15(3)4/h14-24H,8-13H2,1-7H3,(H,25,26)(H,27,28)(H,29,30)(H,31,32)/t16-,17-,18-,19-,20-,21-,22+,23+,24+/m0/s1. The van der Waals surface area contributed by atoms with Crippen molar-refractivity contribution in [2.24, 2.45) is 0 Å². The Morgan fingerprint density at radius 1 is 0.587 bits per heavy atom.